The molecule has 3 nitrogen and oxygen atoms in total. The van der Waals surface area contributed by atoms with Crippen molar-refractivity contribution in [3.63, 3.8) is 0 Å². The Bertz CT molecular complexity index is 575. The number of hydrogen-bond donors (Lipinski definition) is 2. The van der Waals surface area contributed by atoms with Crippen LogP contribution in [-0.2, 0) is 0 Å². The van der Waals surface area contributed by atoms with Crippen LogP contribution >= 0.6 is 0 Å². The van der Waals surface area contributed by atoms with Crippen LogP contribution in [0.4, 0.5) is 0 Å². The molecular formula is C18H23NO2. The topological polar surface area (TPSA) is 49.3 Å². The lowest BCUT2D eigenvalue weighted by molar-refractivity contribution is 0.0933. The number of rotatable bonds is 3. The van der Waals surface area contributed by atoms with E-state index in [2.05, 4.69) is 24.1 Å². The number of hydrogen-bond acceptors (Lipinski definition) is 2. The van der Waals surface area contributed by atoms with Crippen LogP contribution < -0.4 is 5.32 Å². The number of aryl methyl sites for hydroxylation is 1. The Kier molecular flexibility index (Phi) is 5.03. The first-order valence-electron chi connectivity index (χ1n) is 7.53. The second-order valence-electron chi connectivity index (χ2n) is 6.19. The number of carbonyl (C=O) groups is 1. The lowest BCUT2D eigenvalue weighted by Crippen LogP contribution is -2.34. The molecule has 1 aromatic carbocycles. The van der Waals surface area contributed by atoms with Crippen LogP contribution in [0, 0.1) is 24.2 Å². The molecule has 0 spiro atoms. The van der Waals surface area contributed by atoms with Crippen molar-refractivity contribution in [1.82, 2.24) is 5.32 Å². The van der Waals surface area contributed by atoms with Crippen molar-refractivity contribution in [2.75, 3.05) is 13.2 Å². The summed E-state index contributed by atoms with van der Waals surface area (Å²) in [5.74, 6) is 5.41. The van der Waals surface area contributed by atoms with Gasteiger partial charge in [0.1, 0.15) is 6.61 Å². The molecule has 0 atom stereocenters. The van der Waals surface area contributed by atoms with Crippen LogP contribution in [0.2, 0.25) is 0 Å². The standard InChI is InChI=1S/C18H23NO2/c1-14-7-8-15(6-5-11-20)12-16(14)17(21)19-13-18(2)9-3-4-10-18/h7-8,12,20H,3-4,9-11,13H2,1-2H3,(H,19,21). The van der Waals surface area contributed by atoms with Gasteiger partial charge in [-0.15, -0.1) is 0 Å². The first-order chi connectivity index (χ1) is 10.0. The highest BCUT2D eigenvalue weighted by Crippen LogP contribution is 2.36. The monoisotopic (exact) mass is 285 g/mol. The molecule has 0 unspecified atom stereocenters. The predicted molar refractivity (Wildman–Crippen MR) is 84.1 cm³/mol. The summed E-state index contributed by atoms with van der Waals surface area (Å²) in [6, 6.07) is 5.56. The number of aliphatic hydroxyl groups excluding tert-OH is 1. The molecule has 0 aromatic heterocycles. The molecule has 1 aliphatic rings. The third kappa shape index (κ3) is 4.09. The molecule has 1 aliphatic carbocycles. The lowest BCUT2D eigenvalue weighted by Gasteiger charge is -2.23. The van der Waals surface area contributed by atoms with Gasteiger partial charge in [-0.2, -0.15) is 0 Å². The Morgan fingerprint density at radius 2 is 2.10 bits per heavy atom. The van der Waals surface area contributed by atoms with Gasteiger partial charge < -0.3 is 10.4 Å². The molecular weight excluding hydrogens is 262 g/mol. The molecule has 21 heavy (non-hydrogen) atoms. The molecule has 0 aliphatic heterocycles. The second-order valence-corrected chi connectivity index (χ2v) is 6.19. The van der Waals surface area contributed by atoms with E-state index in [0.717, 1.165) is 17.7 Å². The van der Waals surface area contributed by atoms with E-state index in [0.29, 0.717) is 5.56 Å². The van der Waals surface area contributed by atoms with Gasteiger partial charge in [-0.3, -0.25) is 4.79 Å². The van der Waals surface area contributed by atoms with Crippen molar-refractivity contribution in [3.8, 4) is 11.8 Å². The molecule has 0 bridgehead atoms. The summed E-state index contributed by atoms with van der Waals surface area (Å²) in [6.45, 7) is 4.73. The summed E-state index contributed by atoms with van der Waals surface area (Å²) in [7, 11) is 0. The lowest BCUT2D eigenvalue weighted by atomic mass is 9.89. The number of carbonyl (C=O) groups excluding carboxylic acids is 1. The van der Waals surface area contributed by atoms with Gasteiger partial charge in [0.2, 0.25) is 0 Å². The van der Waals surface area contributed by atoms with E-state index in [9.17, 15) is 4.79 Å². The Morgan fingerprint density at radius 3 is 2.76 bits per heavy atom. The van der Waals surface area contributed by atoms with Gasteiger partial charge in [0.15, 0.2) is 0 Å². The van der Waals surface area contributed by atoms with Gasteiger partial charge in [0, 0.05) is 17.7 Å². The summed E-state index contributed by atoms with van der Waals surface area (Å²) in [6.07, 6.45) is 4.90. The third-order valence-electron chi connectivity index (χ3n) is 4.28. The normalized spacial score (nSPS) is 16.1. The molecule has 0 heterocycles. The zero-order valence-corrected chi connectivity index (χ0v) is 12.8. The largest absolute Gasteiger partial charge is 0.384 e. The Labute approximate surface area is 126 Å². The van der Waals surface area contributed by atoms with E-state index < -0.39 is 0 Å². The molecule has 1 amide bonds. The smallest absolute Gasteiger partial charge is 0.251 e. The molecule has 0 saturated heterocycles. The van der Waals surface area contributed by atoms with Crippen molar-refractivity contribution in [1.29, 1.82) is 0 Å². The van der Waals surface area contributed by atoms with Crippen LogP contribution in [-0.4, -0.2) is 24.2 Å². The second kappa shape index (κ2) is 6.78. The van der Waals surface area contributed by atoms with Gasteiger partial charge in [-0.25, -0.2) is 0 Å². The fourth-order valence-corrected chi connectivity index (χ4v) is 2.88. The summed E-state index contributed by atoms with van der Waals surface area (Å²) >= 11 is 0. The van der Waals surface area contributed by atoms with Gasteiger partial charge >= 0.3 is 0 Å². The summed E-state index contributed by atoms with van der Waals surface area (Å²) < 4.78 is 0. The first kappa shape index (κ1) is 15.6. The first-order valence-corrected chi connectivity index (χ1v) is 7.53. The van der Waals surface area contributed by atoms with Gasteiger partial charge in [-0.05, 0) is 42.9 Å². The van der Waals surface area contributed by atoms with Crippen LogP contribution in [0.3, 0.4) is 0 Å². The van der Waals surface area contributed by atoms with Gasteiger partial charge in [-0.1, -0.05) is 37.7 Å². The number of nitrogens with one attached hydrogen (secondary N) is 1. The number of benzene rings is 1. The fraction of sp³-hybridized carbons (Fsp3) is 0.500. The molecule has 3 heteroatoms. The van der Waals surface area contributed by atoms with Crippen LogP contribution in [0.1, 0.15) is 54.1 Å². The van der Waals surface area contributed by atoms with Crippen molar-refractivity contribution >= 4 is 5.91 Å². The molecule has 1 aromatic rings. The minimum Gasteiger partial charge on any atom is -0.384 e. The van der Waals surface area contributed by atoms with E-state index in [-0.39, 0.29) is 17.9 Å². The summed E-state index contributed by atoms with van der Waals surface area (Å²) in [5.41, 5.74) is 2.62. The zero-order valence-electron chi connectivity index (χ0n) is 12.8. The quantitative estimate of drug-likeness (QED) is 0.839. The maximum atomic E-state index is 12.4. The maximum Gasteiger partial charge on any atom is 0.251 e. The van der Waals surface area contributed by atoms with Crippen molar-refractivity contribution < 1.29 is 9.90 Å². The molecule has 2 N–H and O–H groups in total. The molecule has 0 radical (unpaired) electrons. The maximum absolute atomic E-state index is 12.4. The minimum atomic E-state index is -0.173. The molecule has 2 rings (SSSR count). The highest BCUT2D eigenvalue weighted by atomic mass is 16.2. The van der Waals surface area contributed by atoms with Crippen LogP contribution in [0.5, 0.6) is 0 Å². The van der Waals surface area contributed by atoms with Crippen LogP contribution in [0.15, 0.2) is 18.2 Å². The summed E-state index contributed by atoms with van der Waals surface area (Å²) in [5, 5.41) is 11.8. The van der Waals surface area contributed by atoms with Crippen molar-refractivity contribution in [2.45, 2.75) is 39.5 Å². The van der Waals surface area contributed by atoms with E-state index >= 15 is 0 Å². The predicted octanol–water partition coefficient (Wildman–Crippen LogP) is 2.65. The Morgan fingerprint density at radius 1 is 1.38 bits per heavy atom. The van der Waals surface area contributed by atoms with Gasteiger partial charge in [0.05, 0.1) is 0 Å². The zero-order chi connectivity index (χ0) is 15.3. The van der Waals surface area contributed by atoms with E-state index in [1.165, 1.54) is 25.7 Å². The minimum absolute atomic E-state index is 0.0340. The average Bonchev–Trinajstić information content (AvgIpc) is 2.91. The van der Waals surface area contributed by atoms with E-state index in [4.69, 9.17) is 5.11 Å². The highest BCUT2D eigenvalue weighted by molar-refractivity contribution is 5.96. The molecule has 112 valence electrons. The number of aliphatic hydroxyl groups is 1. The average molecular weight is 285 g/mol. The van der Waals surface area contributed by atoms with Crippen molar-refractivity contribution in [2.24, 2.45) is 5.41 Å². The fourth-order valence-electron chi connectivity index (χ4n) is 2.88. The molecule has 1 saturated carbocycles. The molecule has 1 fully saturated rings. The third-order valence-corrected chi connectivity index (χ3v) is 4.28. The van der Waals surface area contributed by atoms with Crippen molar-refractivity contribution in [3.05, 3.63) is 34.9 Å². The Hall–Kier alpha value is -1.79. The van der Waals surface area contributed by atoms with E-state index in [1.807, 2.05) is 19.1 Å². The van der Waals surface area contributed by atoms with E-state index in [1.54, 1.807) is 6.07 Å². The van der Waals surface area contributed by atoms with Gasteiger partial charge in [0.25, 0.3) is 5.91 Å². The van der Waals surface area contributed by atoms with Crippen LogP contribution in [0.25, 0.3) is 0 Å². The SMILES string of the molecule is Cc1ccc(C#CCO)cc1C(=O)NCC1(C)CCCC1. The number of amides is 1. The Balaban J connectivity index is 2.07. The summed E-state index contributed by atoms with van der Waals surface area (Å²) in [4.78, 5) is 12.4. The highest BCUT2D eigenvalue weighted by Gasteiger charge is 2.29.